The highest BCUT2D eigenvalue weighted by Crippen LogP contribution is 2.19. The van der Waals surface area contributed by atoms with E-state index in [2.05, 4.69) is 0 Å². The van der Waals surface area contributed by atoms with Crippen molar-refractivity contribution in [3.8, 4) is 5.75 Å². The topological polar surface area (TPSA) is 86.5 Å². The van der Waals surface area contributed by atoms with E-state index in [1.165, 1.54) is 36.4 Å². The van der Waals surface area contributed by atoms with Crippen molar-refractivity contribution >= 4 is 15.9 Å². The van der Waals surface area contributed by atoms with Gasteiger partial charge in [0.15, 0.2) is 5.78 Å². The normalized spacial score (nSPS) is 11.1. The summed E-state index contributed by atoms with van der Waals surface area (Å²) in [6, 6.07) is 13.6. The second kappa shape index (κ2) is 5.85. The van der Waals surface area contributed by atoms with Crippen LogP contribution in [0.5, 0.6) is 5.75 Å². The maximum Gasteiger partial charge on any atom is 0.339 e. The molecule has 0 spiro atoms. The second-order valence-corrected chi connectivity index (χ2v) is 5.55. The van der Waals surface area contributed by atoms with Crippen LogP contribution < -0.4 is 9.92 Å². The molecule has 0 radical (unpaired) electrons. The molecule has 2 N–H and O–H groups in total. The summed E-state index contributed by atoms with van der Waals surface area (Å²) in [7, 11) is -3.86. The lowest BCUT2D eigenvalue weighted by molar-refractivity contribution is 0.100. The molecule has 0 atom stereocenters. The molecular formula is C14H13NO4S. The molecule has 0 bridgehead atoms. The number of carbonyl (C=O) groups excluding carboxylic acids is 1. The Morgan fingerprint density at radius 3 is 2.15 bits per heavy atom. The Kier molecular flexibility index (Phi) is 4.16. The van der Waals surface area contributed by atoms with Crippen LogP contribution in [0.15, 0.2) is 59.5 Å². The Morgan fingerprint density at radius 1 is 1.00 bits per heavy atom. The minimum atomic E-state index is -3.86. The highest BCUT2D eigenvalue weighted by Gasteiger charge is 2.16. The van der Waals surface area contributed by atoms with Crippen molar-refractivity contribution in [2.75, 3.05) is 6.54 Å². The lowest BCUT2D eigenvalue weighted by Gasteiger charge is -2.07. The van der Waals surface area contributed by atoms with E-state index in [0.29, 0.717) is 5.56 Å². The molecule has 0 fully saturated rings. The number of rotatable bonds is 5. The van der Waals surface area contributed by atoms with Gasteiger partial charge in [-0.3, -0.25) is 4.79 Å². The number of nitrogens with two attached hydrogens (primary N) is 1. The van der Waals surface area contributed by atoms with E-state index in [0.717, 1.165) is 0 Å². The smallest absolute Gasteiger partial charge is 0.339 e. The van der Waals surface area contributed by atoms with Crippen LogP contribution in [0.4, 0.5) is 0 Å². The first kappa shape index (κ1) is 14.2. The number of carbonyl (C=O) groups is 1. The largest absolute Gasteiger partial charge is 0.379 e. The van der Waals surface area contributed by atoms with Gasteiger partial charge in [-0.05, 0) is 36.4 Å². The van der Waals surface area contributed by atoms with Gasteiger partial charge in [-0.1, -0.05) is 18.2 Å². The molecule has 5 nitrogen and oxygen atoms in total. The zero-order valence-electron chi connectivity index (χ0n) is 10.5. The van der Waals surface area contributed by atoms with Gasteiger partial charge in [0.25, 0.3) is 0 Å². The molecule has 0 aliphatic heterocycles. The quantitative estimate of drug-likeness (QED) is 0.668. The Labute approximate surface area is 117 Å². The maximum absolute atomic E-state index is 12.0. The van der Waals surface area contributed by atoms with E-state index in [9.17, 15) is 13.2 Å². The van der Waals surface area contributed by atoms with Crippen LogP contribution in [0.2, 0.25) is 0 Å². The van der Waals surface area contributed by atoms with E-state index >= 15 is 0 Å². The first-order valence-corrected chi connectivity index (χ1v) is 7.26. The van der Waals surface area contributed by atoms with Gasteiger partial charge in [-0.25, -0.2) is 0 Å². The van der Waals surface area contributed by atoms with Crippen LogP contribution in [0.1, 0.15) is 10.4 Å². The molecule has 20 heavy (non-hydrogen) atoms. The van der Waals surface area contributed by atoms with Gasteiger partial charge < -0.3 is 9.92 Å². The molecule has 0 unspecified atom stereocenters. The third-order valence-electron chi connectivity index (χ3n) is 2.60. The van der Waals surface area contributed by atoms with Gasteiger partial charge in [-0.15, -0.1) is 0 Å². The van der Waals surface area contributed by atoms with E-state index in [1.54, 1.807) is 18.2 Å². The van der Waals surface area contributed by atoms with Crippen LogP contribution in [0.25, 0.3) is 0 Å². The minimum Gasteiger partial charge on any atom is -0.379 e. The zero-order chi connectivity index (χ0) is 14.6. The molecule has 0 saturated carbocycles. The molecule has 0 amide bonds. The highest BCUT2D eigenvalue weighted by atomic mass is 32.2. The standard InChI is InChI=1S/C14H13NO4S/c15-10-14(16)11-6-8-12(9-7-11)19-20(17,18)13-4-2-1-3-5-13/h1-9H,10,15H2. The Bertz CT molecular complexity index is 694. The van der Waals surface area contributed by atoms with E-state index in [4.69, 9.17) is 9.92 Å². The number of ketones is 1. The summed E-state index contributed by atoms with van der Waals surface area (Å²) < 4.78 is 28.9. The fourth-order valence-electron chi connectivity index (χ4n) is 1.58. The molecule has 2 aromatic carbocycles. The minimum absolute atomic E-state index is 0.0714. The Balaban J connectivity index is 2.20. The van der Waals surface area contributed by atoms with Crippen molar-refractivity contribution in [1.29, 1.82) is 0 Å². The fourth-order valence-corrected chi connectivity index (χ4v) is 2.53. The summed E-state index contributed by atoms with van der Waals surface area (Å²) in [6.07, 6.45) is 0. The molecule has 2 rings (SSSR count). The van der Waals surface area contributed by atoms with Crippen LogP contribution >= 0.6 is 0 Å². The zero-order valence-corrected chi connectivity index (χ0v) is 11.3. The van der Waals surface area contributed by atoms with Crippen molar-refractivity contribution in [1.82, 2.24) is 0 Å². The van der Waals surface area contributed by atoms with Gasteiger partial charge in [0, 0.05) is 5.56 Å². The molecule has 0 heterocycles. The van der Waals surface area contributed by atoms with Crippen LogP contribution in [0.3, 0.4) is 0 Å². The molecule has 6 heteroatoms. The summed E-state index contributed by atoms with van der Waals surface area (Å²) in [5.74, 6) is -0.0788. The Hall–Kier alpha value is -2.18. The number of benzene rings is 2. The number of Topliss-reactive ketones (excluding diaryl/α,β-unsaturated/α-hetero) is 1. The molecule has 0 saturated heterocycles. The number of hydrogen-bond donors (Lipinski definition) is 1. The van der Waals surface area contributed by atoms with Crippen molar-refractivity contribution < 1.29 is 17.4 Å². The lowest BCUT2D eigenvalue weighted by Crippen LogP contribution is -2.13. The predicted octanol–water partition coefficient (Wildman–Crippen LogP) is 1.60. The summed E-state index contributed by atoms with van der Waals surface area (Å²) in [6.45, 7) is -0.0947. The van der Waals surface area contributed by atoms with Gasteiger partial charge in [0.2, 0.25) is 0 Å². The Morgan fingerprint density at radius 2 is 1.60 bits per heavy atom. The summed E-state index contributed by atoms with van der Waals surface area (Å²) in [4.78, 5) is 11.4. The average molecular weight is 291 g/mol. The summed E-state index contributed by atoms with van der Waals surface area (Å²) in [5.41, 5.74) is 5.66. The van der Waals surface area contributed by atoms with Crippen molar-refractivity contribution in [2.45, 2.75) is 4.90 Å². The van der Waals surface area contributed by atoms with Crippen molar-refractivity contribution in [3.63, 3.8) is 0 Å². The average Bonchev–Trinajstić information content (AvgIpc) is 2.48. The molecule has 104 valence electrons. The third kappa shape index (κ3) is 3.23. The predicted molar refractivity (Wildman–Crippen MR) is 74.1 cm³/mol. The van der Waals surface area contributed by atoms with Gasteiger partial charge in [0.05, 0.1) is 6.54 Å². The second-order valence-electron chi connectivity index (χ2n) is 4.00. The highest BCUT2D eigenvalue weighted by molar-refractivity contribution is 7.87. The maximum atomic E-state index is 12.0. The van der Waals surface area contributed by atoms with Crippen LogP contribution in [0, 0.1) is 0 Å². The van der Waals surface area contributed by atoms with Crippen LogP contribution in [-0.4, -0.2) is 20.7 Å². The van der Waals surface area contributed by atoms with Gasteiger partial charge >= 0.3 is 10.1 Å². The van der Waals surface area contributed by atoms with Crippen molar-refractivity contribution in [3.05, 3.63) is 60.2 Å². The van der Waals surface area contributed by atoms with Gasteiger partial charge in [-0.2, -0.15) is 8.42 Å². The molecule has 0 aromatic heterocycles. The van der Waals surface area contributed by atoms with Crippen molar-refractivity contribution in [2.24, 2.45) is 5.73 Å². The first-order valence-electron chi connectivity index (χ1n) is 5.86. The lowest BCUT2D eigenvalue weighted by atomic mass is 10.1. The SMILES string of the molecule is NCC(=O)c1ccc(OS(=O)(=O)c2ccccc2)cc1. The number of hydrogen-bond acceptors (Lipinski definition) is 5. The molecular weight excluding hydrogens is 278 g/mol. The van der Waals surface area contributed by atoms with E-state index in [1.807, 2.05) is 0 Å². The molecule has 0 aliphatic rings. The molecule has 2 aromatic rings. The first-order chi connectivity index (χ1) is 9.53. The van der Waals surface area contributed by atoms with Crippen LogP contribution in [-0.2, 0) is 10.1 Å². The monoisotopic (exact) mass is 291 g/mol. The van der Waals surface area contributed by atoms with E-state index in [-0.39, 0.29) is 23.0 Å². The fraction of sp³-hybridized carbons (Fsp3) is 0.0714. The summed E-state index contributed by atoms with van der Waals surface area (Å²) >= 11 is 0. The molecule has 0 aliphatic carbocycles. The summed E-state index contributed by atoms with van der Waals surface area (Å²) in [5, 5.41) is 0. The third-order valence-corrected chi connectivity index (χ3v) is 3.86. The van der Waals surface area contributed by atoms with E-state index < -0.39 is 10.1 Å². The van der Waals surface area contributed by atoms with Gasteiger partial charge in [0.1, 0.15) is 10.6 Å².